The van der Waals surface area contributed by atoms with Crippen molar-refractivity contribution in [3.63, 3.8) is 0 Å². The van der Waals surface area contributed by atoms with E-state index in [2.05, 4.69) is 46.5 Å². The van der Waals surface area contributed by atoms with Gasteiger partial charge < -0.3 is 10.2 Å². The number of hydrogen-bond acceptors (Lipinski definition) is 6. The number of anilines is 2. The summed E-state index contributed by atoms with van der Waals surface area (Å²) in [4.78, 5) is 31.7. The Labute approximate surface area is 213 Å². The number of aromatic nitrogens is 4. The van der Waals surface area contributed by atoms with E-state index in [0.717, 1.165) is 16.8 Å². The summed E-state index contributed by atoms with van der Waals surface area (Å²) in [5.74, 6) is 0.622. The van der Waals surface area contributed by atoms with Gasteiger partial charge in [0.15, 0.2) is 11.0 Å². The summed E-state index contributed by atoms with van der Waals surface area (Å²) >= 11 is 1.33. The lowest BCUT2D eigenvalue weighted by atomic mass is 10.1. The van der Waals surface area contributed by atoms with Crippen LogP contribution in [-0.4, -0.2) is 43.4 Å². The number of pyridine rings is 1. The second kappa shape index (κ2) is 9.94. The van der Waals surface area contributed by atoms with E-state index < -0.39 is 0 Å². The van der Waals surface area contributed by atoms with Crippen LogP contribution in [-0.2, 0) is 9.59 Å². The first-order valence-corrected chi connectivity index (χ1v) is 12.7. The first-order valence-electron chi connectivity index (χ1n) is 11.7. The molecule has 1 N–H and O–H groups in total. The maximum Gasteiger partial charge on any atom is 0.237 e. The zero-order chi connectivity index (χ0) is 25.2. The van der Waals surface area contributed by atoms with Gasteiger partial charge in [-0.1, -0.05) is 30.0 Å². The van der Waals surface area contributed by atoms with Crippen molar-refractivity contribution in [3.8, 4) is 17.1 Å². The molecule has 8 nitrogen and oxygen atoms in total. The van der Waals surface area contributed by atoms with E-state index in [1.807, 2.05) is 54.0 Å². The van der Waals surface area contributed by atoms with Gasteiger partial charge in [0.2, 0.25) is 11.8 Å². The average Bonchev–Trinajstić information content (AvgIpc) is 3.24. The molecule has 3 heterocycles. The van der Waals surface area contributed by atoms with Crippen LogP contribution < -0.4 is 10.2 Å². The van der Waals surface area contributed by atoms with Crippen LogP contribution in [0.4, 0.5) is 11.4 Å². The molecule has 1 unspecified atom stereocenters. The van der Waals surface area contributed by atoms with Gasteiger partial charge in [-0.3, -0.25) is 19.1 Å². The Hall–Kier alpha value is -3.98. The van der Waals surface area contributed by atoms with Crippen LogP contribution in [0.2, 0.25) is 0 Å². The van der Waals surface area contributed by atoms with Gasteiger partial charge in [0.25, 0.3) is 0 Å². The number of nitrogens with one attached hydrogen (secondary N) is 1. The molecule has 0 radical (unpaired) electrons. The van der Waals surface area contributed by atoms with Crippen LogP contribution in [0.25, 0.3) is 17.1 Å². The monoisotopic (exact) mass is 498 g/mol. The van der Waals surface area contributed by atoms with Crippen molar-refractivity contribution < 1.29 is 9.59 Å². The number of thioether (sulfide) groups is 1. The van der Waals surface area contributed by atoms with Gasteiger partial charge in [0.1, 0.15) is 0 Å². The number of aryl methyl sites for hydroxylation is 2. The number of fused-ring (bicyclic) bond motifs is 1. The predicted molar refractivity (Wildman–Crippen MR) is 141 cm³/mol. The number of carbonyl (C=O) groups is 2. The second-order valence-corrected chi connectivity index (χ2v) is 9.76. The molecule has 0 saturated heterocycles. The summed E-state index contributed by atoms with van der Waals surface area (Å²) in [6.07, 6.45) is 3.67. The molecule has 9 heteroatoms. The molecule has 1 aliphatic heterocycles. The summed E-state index contributed by atoms with van der Waals surface area (Å²) in [6, 6.07) is 17.1. The van der Waals surface area contributed by atoms with E-state index in [1.165, 1.54) is 17.3 Å². The number of carbonyl (C=O) groups excluding carboxylic acids is 2. The highest BCUT2D eigenvalue weighted by Gasteiger charge is 2.30. The van der Waals surface area contributed by atoms with E-state index >= 15 is 0 Å². The minimum Gasteiger partial charge on any atom is -0.324 e. The molecule has 0 fully saturated rings. The number of benzene rings is 2. The largest absolute Gasteiger partial charge is 0.324 e. The van der Waals surface area contributed by atoms with E-state index in [0.29, 0.717) is 22.4 Å². The highest BCUT2D eigenvalue weighted by molar-refractivity contribution is 7.99. The minimum atomic E-state index is -0.272. The van der Waals surface area contributed by atoms with E-state index in [1.54, 1.807) is 17.3 Å². The first-order chi connectivity index (χ1) is 17.4. The maximum atomic E-state index is 13.5. The third kappa shape index (κ3) is 4.61. The SMILES string of the molecule is Cc1ccc(-n2c(SCC(=O)N3c4ccccc4NC(=O)CC3C)nnc2-c2ccncc2)cc1C. The van der Waals surface area contributed by atoms with Crippen LogP contribution in [0, 0.1) is 13.8 Å². The van der Waals surface area contributed by atoms with Gasteiger partial charge >= 0.3 is 0 Å². The molecule has 0 spiro atoms. The number of hydrogen-bond donors (Lipinski definition) is 1. The molecule has 2 aromatic carbocycles. The molecule has 1 aliphatic rings. The van der Waals surface area contributed by atoms with E-state index in [4.69, 9.17) is 0 Å². The van der Waals surface area contributed by atoms with Gasteiger partial charge in [0, 0.05) is 30.4 Å². The first kappa shape index (κ1) is 23.7. The standard InChI is InChI=1S/C27H26N6O2S/c1-17-8-9-21(14-18(17)2)33-26(20-10-12-28-13-11-20)30-31-27(33)36-16-25(35)32-19(3)15-24(34)29-22-6-4-5-7-23(22)32/h4-14,19H,15-16H2,1-3H3,(H,29,34). The molecule has 36 heavy (non-hydrogen) atoms. The van der Waals surface area contributed by atoms with Crippen molar-refractivity contribution in [2.75, 3.05) is 16.0 Å². The van der Waals surface area contributed by atoms with Crippen LogP contribution in [0.3, 0.4) is 0 Å². The summed E-state index contributed by atoms with van der Waals surface area (Å²) in [6.45, 7) is 6.03. The number of rotatable bonds is 5. The average molecular weight is 499 g/mol. The Bertz CT molecular complexity index is 1440. The molecule has 182 valence electrons. The smallest absolute Gasteiger partial charge is 0.237 e. The molecular weight excluding hydrogens is 472 g/mol. The predicted octanol–water partition coefficient (Wildman–Crippen LogP) is 4.80. The zero-order valence-electron chi connectivity index (χ0n) is 20.3. The van der Waals surface area contributed by atoms with E-state index in [9.17, 15) is 9.59 Å². The Morgan fingerprint density at radius 2 is 1.83 bits per heavy atom. The Kier molecular flexibility index (Phi) is 6.56. The fourth-order valence-corrected chi connectivity index (χ4v) is 5.12. The molecule has 0 saturated carbocycles. The van der Waals surface area contributed by atoms with E-state index in [-0.39, 0.29) is 30.0 Å². The lowest BCUT2D eigenvalue weighted by Gasteiger charge is -2.27. The van der Waals surface area contributed by atoms with Crippen molar-refractivity contribution in [2.24, 2.45) is 0 Å². The molecular formula is C27H26N6O2S. The topological polar surface area (TPSA) is 93.0 Å². The van der Waals surface area contributed by atoms with Gasteiger partial charge in [-0.05, 0) is 68.3 Å². The van der Waals surface area contributed by atoms with Crippen molar-refractivity contribution in [2.45, 2.75) is 38.4 Å². The van der Waals surface area contributed by atoms with Crippen LogP contribution in [0.5, 0.6) is 0 Å². The second-order valence-electron chi connectivity index (χ2n) is 8.82. The summed E-state index contributed by atoms with van der Waals surface area (Å²) in [5.41, 5.74) is 5.50. The van der Waals surface area contributed by atoms with Gasteiger partial charge in [-0.25, -0.2) is 0 Å². The highest BCUT2D eigenvalue weighted by Crippen LogP contribution is 2.33. The Balaban J connectivity index is 1.48. The normalized spacial score (nSPS) is 15.2. The summed E-state index contributed by atoms with van der Waals surface area (Å²) in [5, 5.41) is 12.4. The fourth-order valence-electron chi connectivity index (χ4n) is 4.31. The van der Waals surface area contributed by atoms with Gasteiger partial charge in [-0.2, -0.15) is 0 Å². The number of amides is 2. The quantitative estimate of drug-likeness (QED) is 0.397. The molecule has 0 bridgehead atoms. The van der Waals surface area contributed by atoms with Crippen molar-refractivity contribution in [1.29, 1.82) is 0 Å². The Morgan fingerprint density at radius 3 is 2.61 bits per heavy atom. The fraction of sp³-hybridized carbons (Fsp3) is 0.222. The molecule has 4 aromatic rings. The molecule has 5 rings (SSSR count). The van der Waals surface area contributed by atoms with Crippen LogP contribution in [0.15, 0.2) is 72.1 Å². The van der Waals surface area contributed by atoms with Gasteiger partial charge in [0.05, 0.1) is 22.8 Å². The molecule has 2 aromatic heterocycles. The Morgan fingerprint density at radius 1 is 1.06 bits per heavy atom. The molecule has 0 aliphatic carbocycles. The lowest BCUT2D eigenvalue weighted by Crippen LogP contribution is -2.40. The number of para-hydroxylation sites is 2. The molecule has 1 atom stereocenters. The lowest BCUT2D eigenvalue weighted by molar-refractivity contribution is -0.117. The van der Waals surface area contributed by atoms with Gasteiger partial charge in [-0.15, -0.1) is 10.2 Å². The van der Waals surface area contributed by atoms with Crippen molar-refractivity contribution in [1.82, 2.24) is 19.7 Å². The third-order valence-corrected chi connectivity index (χ3v) is 7.19. The van der Waals surface area contributed by atoms with Crippen LogP contribution >= 0.6 is 11.8 Å². The molecule has 2 amide bonds. The van der Waals surface area contributed by atoms with Crippen molar-refractivity contribution >= 4 is 35.0 Å². The zero-order valence-corrected chi connectivity index (χ0v) is 21.1. The maximum absolute atomic E-state index is 13.5. The van der Waals surface area contributed by atoms with Crippen molar-refractivity contribution in [3.05, 3.63) is 78.1 Å². The summed E-state index contributed by atoms with van der Waals surface area (Å²) in [7, 11) is 0. The minimum absolute atomic E-state index is 0.100. The summed E-state index contributed by atoms with van der Waals surface area (Å²) < 4.78 is 1.98. The third-order valence-electron chi connectivity index (χ3n) is 6.27. The highest BCUT2D eigenvalue weighted by atomic mass is 32.2. The van der Waals surface area contributed by atoms with Crippen LogP contribution in [0.1, 0.15) is 24.5 Å². The number of nitrogens with zero attached hydrogens (tertiary/aromatic N) is 5.